The lowest BCUT2D eigenvalue weighted by atomic mass is 9.98. The maximum Gasteiger partial charge on any atom is 0.255 e. The summed E-state index contributed by atoms with van der Waals surface area (Å²) in [6.45, 7) is 0. The Labute approximate surface area is 118 Å². The summed E-state index contributed by atoms with van der Waals surface area (Å²) in [6.07, 6.45) is 4.61. The third-order valence-corrected chi connectivity index (χ3v) is 4.75. The van der Waals surface area contributed by atoms with Gasteiger partial charge in [0.25, 0.3) is 5.91 Å². The van der Waals surface area contributed by atoms with Crippen LogP contribution < -0.4 is 5.32 Å². The summed E-state index contributed by atoms with van der Waals surface area (Å²) in [5, 5.41) is 4.14. The Morgan fingerprint density at radius 1 is 1.26 bits per heavy atom. The topological polar surface area (TPSA) is 32.3 Å². The average Bonchev–Trinajstić information content (AvgIpc) is 2.76. The smallest absolute Gasteiger partial charge is 0.255 e. The number of carbonyl (C=O) groups is 1. The van der Waals surface area contributed by atoms with Crippen molar-refractivity contribution >= 4 is 17.5 Å². The van der Waals surface area contributed by atoms with Crippen molar-refractivity contribution < 1.29 is 4.79 Å². The number of nitrogens with one attached hydrogen (secondary N) is 1. The molecule has 4 heteroatoms. The predicted molar refractivity (Wildman–Crippen MR) is 76.5 cm³/mol. The van der Waals surface area contributed by atoms with Gasteiger partial charge >= 0.3 is 0 Å². The number of hydrogen-bond donors (Lipinski definition) is 1. The predicted octanol–water partition coefficient (Wildman–Crippen LogP) is 2.70. The number of halogens is 1. The molecule has 1 N–H and O–H groups in total. The van der Waals surface area contributed by atoms with Crippen LogP contribution in [0.1, 0.15) is 36.0 Å². The number of hydrogen-bond acceptors (Lipinski definition) is 2. The zero-order valence-electron chi connectivity index (χ0n) is 11.1. The minimum atomic E-state index is 0.0388. The Kier molecular flexibility index (Phi) is 3.50. The Morgan fingerprint density at radius 2 is 1.89 bits per heavy atom. The molecule has 3 nitrogen and oxygen atoms in total. The largest absolute Gasteiger partial charge is 0.339 e. The molecular weight excluding hydrogens is 260 g/mol. The normalized spacial score (nSPS) is 29.3. The van der Waals surface area contributed by atoms with Crippen LogP contribution in [0.25, 0.3) is 0 Å². The molecule has 102 valence electrons. The van der Waals surface area contributed by atoms with Gasteiger partial charge in [-0.15, -0.1) is 0 Å². The zero-order valence-corrected chi connectivity index (χ0v) is 11.9. The number of carbonyl (C=O) groups excluding carboxylic acids is 1. The fourth-order valence-corrected chi connectivity index (χ4v) is 3.55. The first-order valence-electron chi connectivity index (χ1n) is 6.93. The Bertz CT molecular complexity index is 479. The quantitative estimate of drug-likeness (QED) is 0.902. The summed E-state index contributed by atoms with van der Waals surface area (Å²) < 4.78 is 0. The Balaban J connectivity index is 1.75. The highest BCUT2D eigenvalue weighted by atomic mass is 35.5. The van der Waals surface area contributed by atoms with Crippen LogP contribution in [0.2, 0.25) is 5.02 Å². The maximum atomic E-state index is 12.5. The minimum Gasteiger partial charge on any atom is -0.339 e. The molecule has 2 aliphatic rings. The summed E-state index contributed by atoms with van der Waals surface area (Å²) in [6, 6.07) is 8.80. The van der Waals surface area contributed by atoms with Crippen LogP contribution in [0.4, 0.5) is 0 Å². The van der Waals surface area contributed by atoms with Crippen LogP contribution in [-0.4, -0.2) is 36.0 Å². The van der Waals surface area contributed by atoms with Crippen molar-refractivity contribution in [2.24, 2.45) is 0 Å². The lowest BCUT2D eigenvalue weighted by molar-refractivity contribution is 0.0682. The first kappa shape index (κ1) is 12.9. The van der Waals surface area contributed by atoms with Crippen molar-refractivity contribution in [2.75, 3.05) is 7.05 Å². The van der Waals surface area contributed by atoms with Crippen LogP contribution in [-0.2, 0) is 0 Å². The van der Waals surface area contributed by atoms with Gasteiger partial charge in [-0.3, -0.25) is 4.79 Å². The van der Waals surface area contributed by atoms with Gasteiger partial charge in [0.05, 0.1) is 10.6 Å². The van der Waals surface area contributed by atoms with Gasteiger partial charge in [-0.25, -0.2) is 0 Å². The first-order chi connectivity index (χ1) is 9.15. The molecule has 2 aliphatic heterocycles. The number of rotatable bonds is 2. The zero-order chi connectivity index (χ0) is 13.4. The highest BCUT2D eigenvalue weighted by Crippen LogP contribution is 2.30. The molecule has 1 aromatic rings. The Hall–Kier alpha value is -1.06. The van der Waals surface area contributed by atoms with E-state index in [1.54, 1.807) is 12.1 Å². The molecule has 0 radical (unpaired) electrons. The van der Waals surface area contributed by atoms with E-state index < -0.39 is 0 Å². The third-order valence-electron chi connectivity index (χ3n) is 4.42. The SMILES string of the molecule is CN(C(=O)c1ccccc1Cl)C1CC2CCC(C1)N2. The molecular formula is C15H19ClN2O. The van der Waals surface area contributed by atoms with E-state index in [2.05, 4.69) is 5.32 Å². The lowest BCUT2D eigenvalue weighted by Crippen LogP contribution is -2.48. The van der Waals surface area contributed by atoms with Gasteiger partial charge in [0.2, 0.25) is 0 Å². The van der Waals surface area contributed by atoms with Crippen molar-refractivity contribution in [1.82, 2.24) is 10.2 Å². The summed E-state index contributed by atoms with van der Waals surface area (Å²) in [4.78, 5) is 14.4. The molecule has 0 aromatic heterocycles. The molecule has 2 heterocycles. The summed E-state index contributed by atoms with van der Waals surface area (Å²) in [5.41, 5.74) is 0.609. The van der Waals surface area contributed by atoms with E-state index in [1.165, 1.54) is 12.8 Å². The van der Waals surface area contributed by atoms with E-state index in [-0.39, 0.29) is 5.91 Å². The van der Waals surface area contributed by atoms with E-state index in [0.29, 0.717) is 28.7 Å². The third kappa shape index (κ3) is 2.49. The van der Waals surface area contributed by atoms with Crippen molar-refractivity contribution in [3.63, 3.8) is 0 Å². The summed E-state index contributed by atoms with van der Waals surface area (Å²) in [7, 11) is 1.90. The summed E-state index contributed by atoms with van der Waals surface area (Å²) in [5.74, 6) is 0.0388. The van der Waals surface area contributed by atoms with E-state index in [1.807, 2.05) is 24.1 Å². The van der Waals surface area contributed by atoms with Crippen LogP contribution in [0, 0.1) is 0 Å². The lowest BCUT2D eigenvalue weighted by Gasteiger charge is -2.35. The second-order valence-electron chi connectivity index (χ2n) is 5.66. The standard InChI is InChI=1S/C15H19ClN2O/c1-18(12-8-10-6-7-11(9-12)17-10)15(19)13-4-2-3-5-14(13)16/h2-5,10-12,17H,6-9H2,1H3. The van der Waals surface area contributed by atoms with E-state index in [4.69, 9.17) is 11.6 Å². The first-order valence-corrected chi connectivity index (χ1v) is 7.30. The van der Waals surface area contributed by atoms with Gasteiger partial charge in [0.1, 0.15) is 0 Å². The van der Waals surface area contributed by atoms with Crippen molar-refractivity contribution in [1.29, 1.82) is 0 Å². The molecule has 19 heavy (non-hydrogen) atoms. The number of benzene rings is 1. The van der Waals surface area contributed by atoms with Gasteiger partial charge in [-0.05, 0) is 37.8 Å². The average molecular weight is 279 g/mol. The van der Waals surface area contributed by atoms with Gasteiger partial charge in [0.15, 0.2) is 0 Å². The van der Waals surface area contributed by atoms with Gasteiger partial charge < -0.3 is 10.2 Å². The minimum absolute atomic E-state index is 0.0388. The molecule has 2 bridgehead atoms. The van der Waals surface area contributed by atoms with Crippen LogP contribution in [0.3, 0.4) is 0 Å². The van der Waals surface area contributed by atoms with E-state index in [9.17, 15) is 4.79 Å². The highest BCUT2D eigenvalue weighted by Gasteiger charge is 2.36. The maximum absolute atomic E-state index is 12.5. The van der Waals surface area contributed by atoms with Crippen molar-refractivity contribution in [3.05, 3.63) is 34.9 Å². The van der Waals surface area contributed by atoms with E-state index in [0.717, 1.165) is 12.8 Å². The van der Waals surface area contributed by atoms with E-state index >= 15 is 0 Å². The molecule has 2 unspecified atom stereocenters. The number of fused-ring (bicyclic) bond motifs is 2. The van der Waals surface area contributed by atoms with Crippen LogP contribution in [0.15, 0.2) is 24.3 Å². The molecule has 1 amide bonds. The molecule has 0 aliphatic carbocycles. The molecule has 0 spiro atoms. The molecule has 2 fully saturated rings. The number of nitrogens with zero attached hydrogens (tertiary/aromatic N) is 1. The Morgan fingerprint density at radius 3 is 2.53 bits per heavy atom. The van der Waals surface area contributed by atoms with Crippen LogP contribution in [0.5, 0.6) is 0 Å². The fourth-order valence-electron chi connectivity index (χ4n) is 3.33. The second-order valence-corrected chi connectivity index (χ2v) is 6.07. The van der Waals surface area contributed by atoms with Gasteiger partial charge in [-0.2, -0.15) is 0 Å². The molecule has 0 saturated carbocycles. The monoisotopic (exact) mass is 278 g/mol. The van der Waals surface area contributed by atoms with Gasteiger partial charge in [-0.1, -0.05) is 23.7 Å². The molecule has 2 saturated heterocycles. The molecule has 1 aromatic carbocycles. The van der Waals surface area contributed by atoms with Crippen LogP contribution >= 0.6 is 11.6 Å². The van der Waals surface area contributed by atoms with Crippen molar-refractivity contribution in [3.8, 4) is 0 Å². The second kappa shape index (κ2) is 5.14. The summed E-state index contributed by atoms with van der Waals surface area (Å²) >= 11 is 6.11. The van der Waals surface area contributed by atoms with Gasteiger partial charge in [0, 0.05) is 25.2 Å². The number of amides is 1. The van der Waals surface area contributed by atoms with Crippen molar-refractivity contribution in [2.45, 2.75) is 43.8 Å². The highest BCUT2D eigenvalue weighted by molar-refractivity contribution is 6.33. The molecule has 3 rings (SSSR count). The molecule has 2 atom stereocenters. The number of piperidine rings is 1. The fraction of sp³-hybridized carbons (Fsp3) is 0.533.